The second-order valence-corrected chi connectivity index (χ2v) is 9.28. The van der Waals surface area contributed by atoms with Crippen LogP contribution in [0.25, 0.3) is 0 Å². The number of halogens is 1. The van der Waals surface area contributed by atoms with E-state index in [4.69, 9.17) is 16.6 Å². The van der Waals surface area contributed by atoms with Gasteiger partial charge < -0.3 is 0 Å². The lowest BCUT2D eigenvalue weighted by atomic mass is 9.53. The Bertz CT molecular complexity index is 844. The number of barbiturate groups is 1. The first-order valence-corrected chi connectivity index (χ1v) is 10.3. The first-order valence-electron chi connectivity index (χ1n) is 9.92. The molecule has 0 spiro atoms. The molecule has 1 heterocycles. The molecular formula is C21H22ClN3O3. The second-order valence-electron chi connectivity index (χ2n) is 8.84. The summed E-state index contributed by atoms with van der Waals surface area (Å²) < 4.78 is 0. The smallest absolute Gasteiger partial charge is 0.289 e. The van der Waals surface area contributed by atoms with Crippen LogP contribution < -0.4 is 10.2 Å². The Labute approximate surface area is 168 Å². The molecule has 4 amide bonds. The first kappa shape index (κ1) is 17.9. The monoisotopic (exact) mass is 399 g/mol. The molecule has 1 aromatic carbocycles. The molecule has 146 valence electrons. The molecule has 1 aliphatic heterocycles. The van der Waals surface area contributed by atoms with Crippen molar-refractivity contribution in [3.05, 3.63) is 29.3 Å². The van der Waals surface area contributed by atoms with Gasteiger partial charge in [-0.2, -0.15) is 0 Å². The minimum absolute atomic E-state index is 0.123. The molecule has 0 radical (unpaired) electrons. The van der Waals surface area contributed by atoms with Crippen molar-refractivity contribution < 1.29 is 14.4 Å². The van der Waals surface area contributed by atoms with Gasteiger partial charge in [-0.25, -0.2) is 9.69 Å². The van der Waals surface area contributed by atoms with Crippen molar-refractivity contribution in [1.29, 1.82) is 0 Å². The van der Waals surface area contributed by atoms with Gasteiger partial charge in [0.25, 0.3) is 5.91 Å². The van der Waals surface area contributed by atoms with Crippen LogP contribution in [-0.2, 0) is 9.59 Å². The predicted molar refractivity (Wildman–Crippen MR) is 105 cm³/mol. The van der Waals surface area contributed by atoms with Gasteiger partial charge in [0.2, 0.25) is 5.91 Å². The minimum atomic E-state index is -1.08. The van der Waals surface area contributed by atoms with Crippen LogP contribution in [0.4, 0.5) is 10.5 Å². The van der Waals surface area contributed by atoms with E-state index in [-0.39, 0.29) is 5.54 Å². The molecule has 6 rings (SSSR count). The fourth-order valence-corrected chi connectivity index (χ4v) is 6.14. The van der Waals surface area contributed by atoms with E-state index in [9.17, 15) is 14.4 Å². The fraction of sp³-hybridized carbons (Fsp3) is 0.524. The molecular weight excluding hydrogens is 378 g/mol. The van der Waals surface area contributed by atoms with E-state index in [1.807, 2.05) is 0 Å². The fourth-order valence-electron chi connectivity index (χ4n) is 6.01. The summed E-state index contributed by atoms with van der Waals surface area (Å²) in [6.07, 6.45) is 8.57. The number of carbonyl (C=O) groups is 3. The van der Waals surface area contributed by atoms with E-state index in [2.05, 4.69) is 5.32 Å². The summed E-state index contributed by atoms with van der Waals surface area (Å²) in [6.45, 7) is 0. The van der Waals surface area contributed by atoms with Crippen molar-refractivity contribution in [2.75, 3.05) is 4.90 Å². The summed E-state index contributed by atoms with van der Waals surface area (Å²) in [5.41, 5.74) is 0.259. The van der Waals surface area contributed by atoms with Crippen LogP contribution in [-0.4, -0.2) is 29.6 Å². The molecule has 4 saturated carbocycles. The summed E-state index contributed by atoms with van der Waals surface area (Å²) in [4.78, 5) is 43.4. The predicted octanol–water partition coefficient (Wildman–Crippen LogP) is 3.58. The summed E-state index contributed by atoms with van der Waals surface area (Å²) in [6, 6.07) is 5.64. The number of benzene rings is 1. The third-order valence-corrected chi connectivity index (χ3v) is 7.04. The maximum absolute atomic E-state index is 13.0. The summed E-state index contributed by atoms with van der Waals surface area (Å²) in [5.74, 6) is -0.0658. The lowest BCUT2D eigenvalue weighted by Crippen LogP contribution is -2.59. The number of hydrogen-bond donors (Lipinski definition) is 1. The zero-order valence-corrected chi connectivity index (χ0v) is 16.2. The maximum Gasteiger partial charge on any atom is 0.335 e. The zero-order valence-electron chi connectivity index (χ0n) is 15.4. The third-order valence-electron chi connectivity index (χ3n) is 6.79. The molecule has 4 bridgehead atoms. The van der Waals surface area contributed by atoms with Gasteiger partial charge in [-0.3, -0.25) is 19.9 Å². The lowest BCUT2D eigenvalue weighted by Gasteiger charge is -2.55. The van der Waals surface area contributed by atoms with Crippen LogP contribution in [0.15, 0.2) is 29.3 Å². The number of aliphatic imine (C=N–C) groups is 1. The Kier molecular flexibility index (Phi) is 4.09. The van der Waals surface area contributed by atoms with Crippen molar-refractivity contribution in [3.8, 4) is 0 Å². The Morgan fingerprint density at radius 3 is 2.14 bits per heavy atom. The van der Waals surface area contributed by atoms with E-state index in [1.165, 1.54) is 25.5 Å². The third kappa shape index (κ3) is 2.94. The highest BCUT2D eigenvalue weighted by molar-refractivity contribution is 6.33. The van der Waals surface area contributed by atoms with Gasteiger partial charge in [0.1, 0.15) is 0 Å². The van der Waals surface area contributed by atoms with Crippen molar-refractivity contribution in [2.45, 2.75) is 44.1 Å². The molecule has 0 aromatic heterocycles. The van der Waals surface area contributed by atoms with Gasteiger partial charge in [0.15, 0.2) is 5.92 Å². The van der Waals surface area contributed by atoms with Crippen LogP contribution in [0.2, 0.25) is 5.02 Å². The number of nitrogens with one attached hydrogen (secondary N) is 1. The molecule has 0 unspecified atom stereocenters. The van der Waals surface area contributed by atoms with Crippen LogP contribution in [0.3, 0.4) is 0 Å². The number of anilines is 1. The molecule has 28 heavy (non-hydrogen) atoms. The van der Waals surface area contributed by atoms with Crippen molar-refractivity contribution in [1.82, 2.24) is 5.32 Å². The standard InChI is InChI=1S/C21H22ClN3O3/c22-15-1-3-16(4-2-15)25-19(27)17(18(26)24-20(25)28)11-23-21-8-12-5-13(9-21)7-14(6-12)10-21/h1-4,11-14,17H,5-10H2,(H,24,26,28)/t12?,13?,14?,17-,21?/m0/s1. The van der Waals surface area contributed by atoms with Crippen LogP contribution >= 0.6 is 11.6 Å². The maximum atomic E-state index is 13.0. The van der Waals surface area contributed by atoms with Gasteiger partial charge in [0.05, 0.1) is 11.2 Å². The summed E-state index contributed by atoms with van der Waals surface area (Å²) >= 11 is 5.90. The second kappa shape index (κ2) is 6.41. The van der Waals surface area contributed by atoms with Gasteiger partial charge in [0, 0.05) is 11.2 Å². The lowest BCUT2D eigenvalue weighted by molar-refractivity contribution is -0.131. The van der Waals surface area contributed by atoms with Crippen LogP contribution in [0.5, 0.6) is 0 Å². The van der Waals surface area contributed by atoms with Crippen LogP contribution in [0, 0.1) is 23.7 Å². The number of imide groups is 2. The normalized spacial score (nSPS) is 37.0. The van der Waals surface area contributed by atoms with Gasteiger partial charge in [-0.15, -0.1) is 0 Å². The Balaban J connectivity index is 1.40. The SMILES string of the molecule is O=C1NC(=O)N(c2ccc(Cl)cc2)C(=O)[C@H]1C=NC12CC3CC(CC(C3)C1)C2. The van der Waals surface area contributed by atoms with E-state index in [1.54, 1.807) is 24.3 Å². The number of amides is 4. The molecule has 5 fully saturated rings. The highest BCUT2D eigenvalue weighted by Gasteiger charge is 2.51. The van der Waals surface area contributed by atoms with Gasteiger partial charge in [-0.05, 0) is 80.5 Å². The molecule has 1 N–H and O–H groups in total. The largest absolute Gasteiger partial charge is 0.335 e. The number of urea groups is 1. The molecule has 5 aliphatic rings. The quantitative estimate of drug-likeness (QED) is 0.623. The highest BCUT2D eigenvalue weighted by Crippen LogP contribution is 2.57. The average molecular weight is 400 g/mol. The molecule has 1 aromatic rings. The molecule has 6 nitrogen and oxygen atoms in total. The Morgan fingerprint density at radius 1 is 1.00 bits per heavy atom. The van der Waals surface area contributed by atoms with Crippen LogP contribution in [0.1, 0.15) is 38.5 Å². The number of hydrogen-bond acceptors (Lipinski definition) is 4. The van der Waals surface area contributed by atoms with Crippen molar-refractivity contribution in [3.63, 3.8) is 0 Å². The Hall–Kier alpha value is -2.21. The van der Waals surface area contributed by atoms with E-state index >= 15 is 0 Å². The first-order chi connectivity index (χ1) is 13.4. The minimum Gasteiger partial charge on any atom is -0.289 e. The van der Waals surface area contributed by atoms with Crippen molar-refractivity contribution >= 4 is 41.3 Å². The summed E-state index contributed by atoms with van der Waals surface area (Å²) in [5, 5.41) is 2.79. The average Bonchev–Trinajstić information content (AvgIpc) is 2.61. The van der Waals surface area contributed by atoms with E-state index in [0.717, 1.165) is 41.9 Å². The van der Waals surface area contributed by atoms with E-state index < -0.39 is 23.8 Å². The Morgan fingerprint density at radius 2 is 1.57 bits per heavy atom. The van der Waals surface area contributed by atoms with Crippen molar-refractivity contribution in [2.24, 2.45) is 28.7 Å². The van der Waals surface area contributed by atoms with E-state index in [0.29, 0.717) is 10.7 Å². The zero-order chi connectivity index (χ0) is 19.5. The number of rotatable bonds is 3. The number of carbonyl (C=O) groups excluding carboxylic acids is 3. The highest BCUT2D eigenvalue weighted by atomic mass is 35.5. The molecule has 1 atom stereocenters. The summed E-state index contributed by atoms with van der Waals surface area (Å²) in [7, 11) is 0. The van der Waals surface area contributed by atoms with Gasteiger partial charge in [-0.1, -0.05) is 11.6 Å². The molecule has 7 heteroatoms. The van der Waals surface area contributed by atoms with Gasteiger partial charge >= 0.3 is 6.03 Å². The molecule has 1 saturated heterocycles. The number of nitrogens with zero attached hydrogens (tertiary/aromatic N) is 2. The molecule has 4 aliphatic carbocycles. The topological polar surface area (TPSA) is 78.8 Å².